The standard InChI is InChI=1S/C15H22N4OS/c1-9-8-12(10(2)19-18-9)15(20)17-13(14(16)21)11-6-4-3-5-7-11/h8,11,13H,3-7H2,1-2H3,(H2,16,21)(H,17,20). The Labute approximate surface area is 130 Å². The summed E-state index contributed by atoms with van der Waals surface area (Å²) >= 11 is 5.16. The highest BCUT2D eigenvalue weighted by Gasteiger charge is 2.28. The van der Waals surface area contributed by atoms with Gasteiger partial charge < -0.3 is 11.1 Å². The topological polar surface area (TPSA) is 80.9 Å². The molecule has 1 saturated carbocycles. The lowest BCUT2D eigenvalue weighted by atomic mass is 9.83. The molecule has 0 aromatic carbocycles. The van der Waals surface area contributed by atoms with Crippen LogP contribution >= 0.6 is 12.2 Å². The van der Waals surface area contributed by atoms with E-state index in [9.17, 15) is 4.79 Å². The molecule has 0 radical (unpaired) electrons. The summed E-state index contributed by atoms with van der Waals surface area (Å²) in [6, 6.07) is 1.51. The van der Waals surface area contributed by atoms with Gasteiger partial charge in [0.15, 0.2) is 0 Å². The zero-order valence-electron chi connectivity index (χ0n) is 12.6. The maximum Gasteiger partial charge on any atom is 0.253 e. The van der Waals surface area contributed by atoms with Gasteiger partial charge in [0.05, 0.1) is 28.0 Å². The second-order valence-electron chi connectivity index (χ2n) is 5.74. The van der Waals surface area contributed by atoms with Crippen molar-refractivity contribution in [2.75, 3.05) is 0 Å². The SMILES string of the molecule is Cc1cc(C(=O)NC(C(N)=S)C2CCCCC2)c(C)nn1. The van der Waals surface area contributed by atoms with Gasteiger partial charge in [-0.2, -0.15) is 10.2 Å². The largest absolute Gasteiger partial charge is 0.392 e. The first kappa shape index (κ1) is 15.8. The molecule has 21 heavy (non-hydrogen) atoms. The first-order valence-corrected chi connectivity index (χ1v) is 7.81. The van der Waals surface area contributed by atoms with E-state index in [0.29, 0.717) is 22.2 Å². The zero-order valence-corrected chi connectivity index (χ0v) is 13.4. The third kappa shape index (κ3) is 3.97. The van der Waals surface area contributed by atoms with Crippen LogP contribution in [0.1, 0.15) is 53.8 Å². The van der Waals surface area contributed by atoms with Crippen LogP contribution < -0.4 is 11.1 Å². The van der Waals surface area contributed by atoms with E-state index in [1.54, 1.807) is 13.0 Å². The van der Waals surface area contributed by atoms with Crippen LogP contribution in [0.4, 0.5) is 0 Å². The molecule has 0 spiro atoms. The van der Waals surface area contributed by atoms with Crippen molar-refractivity contribution < 1.29 is 4.79 Å². The van der Waals surface area contributed by atoms with Gasteiger partial charge in [-0.3, -0.25) is 4.79 Å². The first-order valence-electron chi connectivity index (χ1n) is 7.40. The van der Waals surface area contributed by atoms with Crippen molar-refractivity contribution in [2.45, 2.75) is 52.0 Å². The lowest BCUT2D eigenvalue weighted by Crippen LogP contribution is -2.49. The van der Waals surface area contributed by atoms with Crippen LogP contribution in [0, 0.1) is 19.8 Å². The van der Waals surface area contributed by atoms with Gasteiger partial charge in [0.2, 0.25) is 0 Å². The molecule has 1 fully saturated rings. The molecule has 1 aliphatic rings. The van der Waals surface area contributed by atoms with Gasteiger partial charge in [0.25, 0.3) is 5.91 Å². The van der Waals surface area contributed by atoms with Gasteiger partial charge >= 0.3 is 0 Å². The number of nitrogens with two attached hydrogens (primary N) is 1. The van der Waals surface area contributed by atoms with Gasteiger partial charge in [0.1, 0.15) is 0 Å². The summed E-state index contributed by atoms with van der Waals surface area (Å²) in [6.07, 6.45) is 5.73. The predicted molar refractivity (Wildman–Crippen MR) is 86.1 cm³/mol. The summed E-state index contributed by atoms with van der Waals surface area (Å²) in [4.78, 5) is 12.8. The molecule has 114 valence electrons. The van der Waals surface area contributed by atoms with Crippen LogP contribution in [0.3, 0.4) is 0 Å². The van der Waals surface area contributed by atoms with Crippen LogP contribution in [0.2, 0.25) is 0 Å². The molecule has 6 heteroatoms. The highest BCUT2D eigenvalue weighted by Crippen LogP contribution is 2.27. The highest BCUT2D eigenvalue weighted by atomic mass is 32.1. The van der Waals surface area contributed by atoms with Crippen molar-refractivity contribution in [3.63, 3.8) is 0 Å². The third-order valence-corrected chi connectivity index (χ3v) is 4.31. The molecular formula is C15H22N4OS. The minimum atomic E-state index is -0.235. The fraction of sp³-hybridized carbons (Fsp3) is 0.600. The summed E-state index contributed by atoms with van der Waals surface area (Å²) < 4.78 is 0. The molecule has 1 atom stereocenters. The van der Waals surface area contributed by atoms with Crippen LogP contribution in [-0.4, -0.2) is 27.1 Å². The van der Waals surface area contributed by atoms with Crippen molar-refractivity contribution in [2.24, 2.45) is 11.7 Å². The molecular weight excluding hydrogens is 284 g/mol. The van der Waals surface area contributed by atoms with Crippen molar-refractivity contribution in [1.29, 1.82) is 0 Å². The van der Waals surface area contributed by atoms with E-state index in [1.807, 2.05) is 6.92 Å². The Morgan fingerprint density at radius 2 is 2.00 bits per heavy atom. The van der Waals surface area contributed by atoms with E-state index >= 15 is 0 Å². The maximum absolute atomic E-state index is 12.5. The number of thiocarbonyl (C=S) groups is 1. The summed E-state index contributed by atoms with van der Waals surface area (Å²) in [5, 5.41) is 10.9. The number of nitrogens with zero attached hydrogens (tertiary/aromatic N) is 2. The molecule has 1 unspecified atom stereocenters. The highest BCUT2D eigenvalue weighted by molar-refractivity contribution is 7.80. The average molecular weight is 306 g/mol. The van der Waals surface area contributed by atoms with Crippen LogP contribution in [0.5, 0.6) is 0 Å². The smallest absolute Gasteiger partial charge is 0.253 e. The third-order valence-electron chi connectivity index (χ3n) is 4.06. The number of aromatic nitrogens is 2. The quantitative estimate of drug-likeness (QED) is 0.832. The lowest BCUT2D eigenvalue weighted by molar-refractivity contribution is 0.0930. The summed E-state index contributed by atoms with van der Waals surface area (Å²) in [5.74, 6) is 0.172. The van der Waals surface area contributed by atoms with Gasteiger partial charge in [0, 0.05) is 0 Å². The van der Waals surface area contributed by atoms with Crippen LogP contribution in [0.15, 0.2) is 6.07 Å². The molecule has 1 aromatic rings. The molecule has 1 heterocycles. The average Bonchev–Trinajstić information content (AvgIpc) is 2.47. The second kappa shape index (κ2) is 6.93. The summed E-state index contributed by atoms with van der Waals surface area (Å²) in [6.45, 7) is 3.59. The lowest BCUT2D eigenvalue weighted by Gasteiger charge is -2.30. The molecule has 1 aliphatic carbocycles. The molecule has 1 aromatic heterocycles. The maximum atomic E-state index is 12.5. The van der Waals surface area contributed by atoms with Gasteiger partial charge in [-0.1, -0.05) is 31.5 Å². The Balaban J connectivity index is 2.14. The molecule has 0 aliphatic heterocycles. The Bertz CT molecular complexity index is 540. The Morgan fingerprint density at radius 1 is 1.33 bits per heavy atom. The molecule has 2 rings (SSSR count). The first-order chi connectivity index (χ1) is 9.99. The van der Waals surface area contributed by atoms with E-state index in [-0.39, 0.29) is 11.9 Å². The number of carbonyl (C=O) groups is 1. The van der Waals surface area contributed by atoms with Gasteiger partial charge in [-0.25, -0.2) is 0 Å². The van der Waals surface area contributed by atoms with E-state index < -0.39 is 0 Å². The van der Waals surface area contributed by atoms with Crippen molar-refractivity contribution in [3.05, 3.63) is 23.0 Å². The molecule has 0 saturated heterocycles. The predicted octanol–water partition coefficient (Wildman–Crippen LogP) is 2.06. The van der Waals surface area contributed by atoms with E-state index in [0.717, 1.165) is 18.5 Å². The summed E-state index contributed by atoms with van der Waals surface area (Å²) in [5.41, 5.74) is 7.72. The molecule has 1 amide bonds. The monoisotopic (exact) mass is 306 g/mol. The van der Waals surface area contributed by atoms with E-state index in [2.05, 4.69) is 15.5 Å². The number of hydrogen-bond acceptors (Lipinski definition) is 4. The number of rotatable bonds is 4. The Kier molecular flexibility index (Phi) is 5.22. The number of hydrogen-bond donors (Lipinski definition) is 2. The number of carbonyl (C=O) groups excluding carboxylic acids is 1. The van der Waals surface area contributed by atoms with Crippen molar-refractivity contribution in [3.8, 4) is 0 Å². The van der Waals surface area contributed by atoms with Gasteiger partial charge in [-0.05, 0) is 38.7 Å². The van der Waals surface area contributed by atoms with E-state index in [1.165, 1.54) is 19.3 Å². The molecule has 5 nitrogen and oxygen atoms in total. The van der Waals surface area contributed by atoms with Crippen molar-refractivity contribution in [1.82, 2.24) is 15.5 Å². The van der Waals surface area contributed by atoms with Gasteiger partial charge in [-0.15, -0.1) is 0 Å². The van der Waals surface area contributed by atoms with Crippen LogP contribution in [0.25, 0.3) is 0 Å². The zero-order chi connectivity index (χ0) is 15.4. The number of nitrogens with one attached hydrogen (secondary N) is 1. The van der Waals surface area contributed by atoms with Crippen LogP contribution in [-0.2, 0) is 0 Å². The van der Waals surface area contributed by atoms with E-state index in [4.69, 9.17) is 18.0 Å². The Hall–Kier alpha value is -1.56. The number of amides is 1. The summed E-state index contributed by atoms with van der Waals surface area (Å²) in [7, 11) is 0. The number of aryl methyl sites for hydroxylation is 2. The minimum Gasteiger partial charge on any atom is -0.392 e. The Morgan fingerprint density at radius 3 is 2.62 bits per heavy atom. The fourth-order valence-electron chi connectivity index (χ4n) is 2.89. The fourth-order valence-corrected chi connectivity index (χ4v) is 3.14. The second-order valence-corrected chi connectivity index (χ2v) is 6.21. The normalized spacial score (nSPS) is 17.2. The molecule has 0 bridgehead atoms. The minimum absolute atomic E-state index is 0.172. The molecule has 3 N–H and O–H groups in total. The van der Waals surface area contributed by atoms with Crippen molar-refractivity contribution >= 4 is 23.1 Å².